The van der Waals surface area contributed by atoms with Crippen LogP contribution in [0.15, 0.2) is 36.4 Å². The van der Waals surface area contributed by atoms with Gasteiger partial charge in [0, 0.05) is 5.56 Å². The molecule has 0 spiro atoms. The van der Waals surface area contributed by atoms with Gasteiger partial charge in [-0.15, -0.1) is 0 Å². The lowest BCUT2D eigenvalue weighted by molar-refractivity contribution is 1.19. The van der Waals surface area contributed by atoms with Crippen molar-refractivity contribution >= 4 is 5.82 Å². The number of aryl methyl sites for hydroxylation is 1. The number of hydrazine groups is 1. The van der Waals surface area contributed by atoms with Crippen LogP contribution in [0.3, 0.4) is 0 Å². The molecule has 0 amide bonds. The van der Waals surface area contributed by atoms with Crippen LogP contribution < -0.4 is 11.3 Å². The number of nitrogens with zero attached hydrogens (tertiary/aromatic N) is 2. The number of benzene rings is 1. The second kappa shape index (κ2) is 4.64. The normalized spacial score (nSPS) is 9.71. The van der Waals surface area contributed by atoms with Gasteiger partial charge in [-0.25, -0.2) is 10.8 Å². The molecule has 4 heteroatoms. The summed E-state index contributed by atoms with van der Waals surface area (Å²) in [5, 5.41) is 8.95. The molecular formula is C13H12N4. The predicted molar refractivity (Wildman–Crippen MR) is 66.9 cm³/mol. The first-order chi connectivity index (χ1) is 8.26. The molecule has 0 aliphatic carbocycles. The predicted octanol–water partition coefficient (Wildman–Crippen LogP) is 2.21. The van der Waals surface area contributed by atoms with E-state index in [4.69, 9.17) is 11.1 Å². The molecule has 0 aliphatic heterocycles. The number of pyridine rings is 1. The second-order valence-electron chi connectivity index (χ2n) is 3.67. The van der Waals surface area contributed by atoms with Crippen LogP contribution in [-0.4, -0.2) is 4.98 Å². The number of hydrogen-bond acceptors (Lipinski definition) is 4. The van der Waals surface area contributed by atoms with Crippen LogP contribution >= 0.6 is 0 Å². The molecule has 0 saturated heterocycles. The number of nitriles is 1. The van der Waals surface area contributed by atoms with Gasteiger partial charge in [0.05, 0.1) is 11.3 Å². The molecule has 1 heterocycles. The Hall–Kier alpha value is -2.38. The van der Waals surface area contributed by atoms with Crippen LogP contribution in [0.5, 0.6) is 0 Å². The zero-order valence-corrected chi connectivity index (χ0v) is 9.44. The molecule has 0 fully saturated rings. The largest absolute Gasteiger partial charge is 0.307 e. The van der Waals surface area contributed by atoms with Gasteiger partial charge in [0.1, 0.15) is 6.07 Å². The Morgan fingerprint density at radius 1 is 1.29 bits per heavy atom. The van der Waals surface area contributed by atoms with Crippen LogP contribution in [0.2, 0.25) is 0 Å². The summed E-state index contributed by atoms with van der Waals surface area (Å²) < 4.78 is 0. The Balaban J connectivity index is 2.61. The number of nitrogens with two attached hydrogens (primary N) is 1. The first kappa shape index (κ1) is 11.1. The molecule has 4 nitrogen and oxygen atoms in total. The van der Waals surface area contributed by atoms with Gasteiger partial charge in [0.25, 0.3) is 0 Å². The molecule has 2 rings (SSSR count). The molecule has 3 N–H and O–H groups in total. The molecule has 1 aromatic carbocycles. The second-order valence-corrected chi connectivity index (χ2v) is 3.67. The molecule has 1 aromatic heterocycles. The van der Waals surface area contributed by atoms with Crippen molar-refractivity contribution in [2.75, 3.05) is 5.43 Å². The topological polar surface area (TPSA) is 74.7 Å². The highest BCUT2D eigenvalue weighted by Gasteiger charge is 2.09. The van der Waals surface area contributed by atoms with Gasteiger partial charge in [-0.1, -0.05) is 30.3 Å². The molecule has 0 radical (unpaired) electrons. The third-order valence-corrected chi connectivity index (χ3v) is 2.52. The summed E-state index contributed by atoms with van der Waals surface area (Å²) in [5.74, 6) is 5.76. The first-order valence-electron chi connectivity index (χ1n) is 5.20. The van der Waals surface area contributed by atoms with Gasteiger partial charge in [-0.05, 0) is 18.6 Å². The summed E-state index contributed by atoms with van der Waals surface area (Å²) >= 11 is 0. The minimum atomic E-state index is 0.400. The first-order valence-corrected chi connectivity index (χ1v) is 5.20. The van der Waals surface area contributed by atoms with E-state index < -0.39 is 0 Å². The van der Waals surface area contributed by atoms with Crippen molar-refractivity contribution in [3.05, 3.63) is 47.5 Å². The molecule has 0 unspecified atom stereocenters. The molecule has 0 aliphatic rings. The van der Waals surface area contributed by atoms with E-state index in [9.17, 15) is 0 Å². The summed E-state index contributed by atoms with van der Waals surface area (Å²) in [6.45, 7) is 1.93. The van der Waals surface area contributed by atoms with Crippen molar-refractivity contribution in [2.45, 2.75) is 6.92 Å². The SMILES string of the molecule is Cc1cc(C#N)c(NN)nc1-c1ccccc1. The lowest BCUT2D eigenvalue weighted by atomic mass is 10.1. The van der Waals surface area contributed by atoms with Crippen molar-refractivity contribution < 1.29 is 0 Å². The van der Waals surface area contributed by atoms with Gasteiger partial charge in [-0.3, -0.25) is 0 Å². The van der Waals surface area contributed by atoms with Crippen molar-refractivity contribution in [1.82, 2.24) is 4.98 Å². The molecule has 0 bridgehead atoms. The average Bonchev–Trinajstić information content (AvgIpc) is 2.39. The fourth-order valence-electron chi connectivity index (χ4n) is 1.70. The Kier molecular flexibility index (Phi) is 3.03. The van der Waals surface area contributed by atoms with Crippen LogP contribution in [0.25, 0.3) is 11.3 Å². The van der Waals surface area contributed by atoms with Crippen molar-refractivity contribution in [3.63, 3.8) is 0 Å². The van der Waals surface area contributed by atoms with E-state index in [-0.39, 0.29) is 0 Å². The minimum Gasteiger partial charge on any atom is -0.307 e. The molecule has 0 atom stereocenters. The Labute approximate surface area is 99.7 Å². The number of nitrogens with one attached hydrogen (secondary N) is 1. The van der Waals surface area contributed by atoms with E-state index in [0.29, 0.717) is 11.4 Å². The summed E-state index contributed by atoms with van der Waals surface area (Å²) in [5.41, 5.74) is 5.69. The number of rotatable bonds is 2. The number of anilines is 1. The maximum absolute atomic E-state index is 8.95. The number of aromatic nitrogens is 1. The van der Waals surface area contributed by atoms with E-state index in [0.717, 1.165) is 16.8 Å². The van der Waals surface area contributed by atoms with Crippen LogP contribution in [0.4, 0.5) is 5.82 Å². The summed E-state index contributed by atoms with van der Waals surface area (Å²) in [4.78, 5) is 4.37. The van der Waals surface area contributed by atoms with Gasteiger partial charge >= 0.3 is 0 Å². The third-order valence-electron chi connectivity index (χ3n) is 2.52. The fourth-order valence-corrected chi connectivity index (χ4v) is 1.70. The van der Waals surface area contributed by atoms with E-state index in [1.54, 1.807) is 6.07 Å². The van der Waals surface area contributed by atoms with Gasteiger partial charge in [0.2, 0.25) is 0 Å². The van der Waals surface area contributed by atoms with E-state index in [1.165, 1.54) is 0 Å². The lowest BCUT2D eigenvalue weighted by Gasteiger charge is -2.09. The molecule has 0 saturated carbocycles. The fraction of sp³-hybridized carbons (Fsp3) is 0.0769. The maximum Gasteiger partial charge on any atom is 0.158 e. The van der Waals surface area contributed by atoms with Gasteiger partial charge in [0.15, 0.2) is 5.82 Å². The molecule has 17 heavy (non-hydrogen) atoms. The monoisotopic (exact) mass is 224 g/mol. The van der Waals surface area contributed by atoms with Gasteiger partial charge in [-0.2, -0.15) is 5.26 Å². The summed E-state index contributed by atoms with van der Waals surface area (Å²) in [6.07, 6.45) is 0. The standard InChI is InChI=1S/C13H12N4/c1-9-7-11(8-14)13(17-15)16-12(9)10-5-3-2-4-6-10/h2-7H,15H2,1H3,(H,16,17). The van der Waals surface area contributed by atoms with Crippen molar-refractivity contribution in [2.24, 2.45) is 5.84 Å². The van der Waals surface area contributed by atoms with Crippen LogP contribution in [-0.2, 0) is 0 Å². The Bertz CT molecular complexity index is 570. The molecule has 84 valence electrons. The summed E-state index contributed by atoms with van der Waals surface area (Å²) in [7, 11) is 0. The van der Waals surface area contributed by atoms with Crippen LogP contribution in [0.1, 0.15) is 11.1 Å². The highest BCUT2D eigenvalue weighted by Crippen LogP contribution is 2.24. The van der Waals surface area contributed by atoms with Crippen molar-refractivity contribution in [3.8, 4) is 17.3 Å². The zero-order valence-electron chi connectivity index (χ0n) is 9.44. The highest BCUT2D eigenvalue weighted by molar-refractivity contribution is 5.68. The third kappa shape index (κ3) is 2.10. The smallest absolute Gasteiger partial charge is 0.158 e. The van der Waals surface area contributed by atoms with E-state index in [1.807, 2.05) is 37.3 Å². The minimum absolute atomic E-state index is 0.400. The average molecular weight is 224 g/mol. The van der Waals surface area contributed by atoms with Gasteiger partial charge < -0.3 is 5.43 Å². The number of nitrogen functional groups attached to an aromatic ring is 1. The van der Waals surface area contributed by atoms with Crippen LogP contribution in [0, 0.1) is 18.3 Å². The zero-order chi connectivity index (χ0) is 12.3. The summed E-state index contributed by atoms with van der Waals surface area (Å²) in [6, 6.07) is 13.6. The number of hydrogen-bond donors (Lipinski definition) is 2. The molecule has 2 aromatic rings. The lowest BCUT2D eigenvalue weighted by Crippen LogP contribution is -2.11. The van der Waals surface area contributed by atoms with E-state index >= 15 is 0 Å². The Morgan fingerprint density at radius 2 is 2.00 bits per heavy atom. The molecular weight excluding hydrogens is 212 g/mol. The maximum atomic E-state index is 8.95. The highest BCUT2D eigenvalue weighted by atomic mass is 15.2. The Morgan fingerprint density at radius 3 is 2.59 bits per heavy atom. The quantitative estimate of drug-likeness (QED) is 0.605. The van der Waals surface area contributed by atoms with Crippen molar-refractivity contribution in [1.29, 1.82) is 5.26 Å². The van der Waals surface area contributed by atoms with E-state index in [2.05, 4.69) is 16.5 Å².